The number of hydrogen-bond acceptors (Lipinski definition) is 4. The Morgan fingerprint density at radius 3 is 2.88 bits per heavy atom. The molecular weight excluding hydrogens is 318 g/mol. The number of aromatic nitrogens is 1. The summed E-state index contributed by atoms with van der Waals surface area (Å²) in [7, 11) is 0. The van der Waals surface area contributed by atoms with Crippen LogP contribution in [0.1, 0.15) is 31.7 Å². The fraction of sp³-hybridized carbons (Fsp3) is 0.632. The lowest BCUT2D eigenvalue weighted by molar-refractivity contribution is -0.136. The quantitative estimate of drug-likeness (QED) is 0.787. The van der Waals surface area contributed by atoms with Gasteiger partial charge in [0.15, 0.2) is 0 Å². The number of pyridine rings is 1. The molecule has 6 nitrogen and oxygen atoms in total. The van der Waals surface area contributed by atoms with Crippen molar-refractivity contribution in [2.75, 3.05) is 32.8 Å². The highest BCUT2D eigenvalue weighted by atomic mass is 16.5. The molecule has 6 heteroatoms. The number of nitrogens with zero attached hydrogens (tertiary/aromatic N) is 3. The molecule has 0 bridgehead atoms. The summed E-state index contributed by atoms with van der Waals surface area (Å²) >= 11 is 0. The van der Waals surface area contributed by atoms with Crippen LogP contribution in [0, 0.1) is 11.8 Å². The molecular formula is C19H27N3O3. The summed E-state index contributed by atoms with van der Waals surface area (Å²) in [5, 5.41) is 0. The van der Waals surface area contributed by atoms with E-state index in [1.54, 1.807) is 17.3 Å². The second-order valence-electron chi connectivity index (χ2n) is 6.97. The van der Waals surface area contributed by atoms with E-state index >= 15 is 0 Å². The van der Waals surface area contributed by atoms with Crippen molar-refractivity contribution < 1.29 is 14.3 Å². The molecule has 0 radical (unpaired) electrons. The van der Waals surface area contributed by atoms with Gasteiger partial charge in [-0.2, -0.15) is 0 Å². The van der Waals surface area contributed by atoms with Gasteiger partial charge in [0.1, 0.15) is 0 Å². The van der Waals surface area contributed by atoms with Gasteiger partial charge in [0.25, 0.3) is 0 Å². The summed E-state index contributed by atoms with van der Waals surface area (Å²) < 4.78 is 5.40. The minimum atomic E-state index is -0.219. The number of amides is 2. The SMILES string of the molecule is CCN(CC1CCOCC1)C(=O)[C@@H]1CC(=O)N(Cc2cccnc2)C1. The summed E-state index contributed by atoms with van der Waals surface area (Å²) in [6, 6.07) is 3.82. The maximum absolute atomic E-state index is 12.9. The van der Waals surface area contributed by atoms with Crippen molar-refractivity contribution in [1.82, 2.24) is 14.8 Å². The molecule has 136 valence electrons. The molecule has 25 heavy (non-hydrogen) atoms. The minimum Gasteiger partial charge on any atom is -0.381 e. The number of ether oxygens (including phenoxy) is 1. The van der Waals surface area contributed by atoms with Crippen molar-refractivity contribution in [2.45, 2.75) is 32.7 Å². The summed E-state index contributed by atoms with van der Waals surface area (Å²) in [5.41, 5.74) is 0.999. The molecule has 0 aromatic carbocycles. The molecule has 3 heterocycles. The van der Waals surface area contributed by atoms with Crippen molar-refractivity contribution in [3.8, 4) is 0 Å². The lowest BCUT2D eigenvalue weighted by Crippen LogP contribution is -2.41. The Labute approximate surface area is 149 Å². The molecule has 2 aliphatic rings. The molecule has 1 atom stereocenters. The lowest BCUT2D eigenvalue weighted by Gasteiger charge is -2.30. The Kier molecular flexibility index (Phi) is 6.02. The maximum Gasteiger partial charge on any atom is 0.227 e. The predicted octanol–water partition coefficient (Wildman–Crippen LogP) is 1.71. The van der Waals surface area contributed by atoms with Crippen LogP contribution in [0.4, 0.5) is 0 Å². The maximum atomic E-state index is 12.9. The van der Waals surface area contributed by atoms with Crippen molar-refractivity contribution in [2.24, 2.45) is 11.8 Å². The van der Waals surface area contributed by atoms with E-state index < -0.39 is 0 Å². The van der Waals surface area contributed by atoms with Gasteiger partial charge < -0.3 is 14.5 Å². The second-order valence-corrected chi connectivity index (χ2v) is 6.97. The number of carbonyl (C=O) groups excluding carboxylic acids is 2. The van der Waals surface area contributed by atoms with Gasteiger partial charge in [-0.1, -0.05) is 6.07 Å². The van der Waals surface area contributed by atoms with Crippen molar-refractivity contribution >= 4 is 11.8 Å². The van der Waals surface area contributed by atoms with Crippen LogP contribution in [0.3, 0.4) is 0 Å². The molecule has 3 rings (SSSR count). The molecule has 2 amide bonds. The monoisotopic (exact) mass is 345 g/mol. The highest BCUT2D eigenvalue weighted by molar-refractivity contribution is 5.89. The van der Waals surface area contributed by atoms with Crippen LogP contribution in [-0.2, 0) is 20.9 Å². The fourth-order valence-corrected chi connectivity index (χ4v) is 3.68. The molecule has 0 aliphatic carbocycles. The molecule has 1 aromatic heterocycles. The molecule has 0 saturated carbocycles. The first-order valence-corrected chi connectivity index (χ1v) is 9.20. The van der Waals surface area contributed by atoms with E-state index in [2.05, 4.69) is 4.98 Å². The Balaban J connectivity index is 1.57. The summed E-state index contributed by atoms with van der Waals surface area (Å²) in [5.74, 6) is 0.477. The van der Waals surface area contributed by atoms with E-state index in [0.29, 0.717) is 32.0 Å². The standard InChI is InChI=1S/C19H27N3O3/c1-2-21(12-15-5-8-25-9-6-15)19(24)17-10-18(23)22(14-17)13-16-4-3-7-20-11-16/h3-4,7,11,15,17H,2,5-6,8-10,12-14H2,1H3/t17-/m1/s1. The van der Waals surface area contributed by atoms with Crippen molar-refractivity contribution in [3.05, 3.63) is 30.1 Å². The van der Waals surface area contributed by atoms with Gasteiger partial charge in [-0.3, -0.25) is 14.6 Å². The van der Waals surface area contributed by atoms with Gasteiger partial charge in [-0.05, 0) is 37.3 Å². The summed E-state index contributed by atoms with van der Waals surface area (Å²) in [6.45, 7) is 6.12. The smallest absolute Gasteiger partial charge is 0.227 e. The first kappa shape index (κ1) is 17.9. The zero-order valence-corrected chi connectivity index (χ0v) is 14.9. The van der Waals surface area contributed by atoms with Gasteiger partial charge in [0.2, 0.25) is 11.8 Å². The Hall–Kier alpha value is -1.95. The number of rotatable bonds is 6. The molecule has 2 saturated heterocycles. The molecule has 1 aromatic rings. The number of carbonyl (C=O) groups is 2. The largest absolute Gasteiger partial charge is 0.381 e. The van der Waals surface area contributed by atoms with Gasteiger partial charge >= 0.3 is 0 Å². The third kappa shape index (κ3) is 4.57. The van der Waals surface area contributed by atoms with Gasteiger partial charge in [0.05, 0.1) is 5.92 Å². The minimum absolute atomic E-state index is 0.0596. The van der Waals surface area contributed by atoms with E-state index in [4.69, 9.17) is 4.74 Å². The first-order valence-electron chi connectivity index (χ1n) is 9.20. The first-order chi connectivity index (χ1) is 12.2. The van der Waals surface area contributed by atoms with Crippen LogP contribution in [0.5, 0.6) is 0 Å². The number of hydrogen-bond donors (Lipinski definition) is 0. The highest BCUT2D eigenvalue weighted by Crippen LogP contribution is 2.24. The average molecular weight is 345 g/mol. The fourth-order valence-electron chi connectivity index (χ4n) is 3.68. The molecule has 0 unspecified atom stereocenters. The molecule has 0 spiro atoms. The molecule has 2 aliphatic heterocycles. The lowest BCUT2D eigenvalue weighted by atomic mass is 9.98. The van der Waals surface area contributed by atoms with Crippen molar-refractivity contribution in [3.63, 3.8) is 0 Å². The van der Waals surface area contributed by atoms with Gasteiger partial charge in [-0.25, -0.2) is 0 Å². The van der Waals surface area contributed by atoms with Crippen LogP contribution in [-0.4, -0.2) is 59.4 Å². The van der Waals surface area contributed by atoms with Crippen LogP contribution >= 0.6 is 0 Å². The number of likely N-dealkylation sites (tertiary alicyclic amines) is 1. The van der Waals surface area contributed by atoms with Gasteiger partial charge in [0, 0.05) is 58.2 Å². The Morgan fingerprint density at radius 2 is 2.20 bits per heavy atom. The third-order valence-corrected chi connectivity index (χ3v) is 5.17. The van der Waals surface area contributed by atoms with Crippen LogP contribution in [0.15, 0.2) is 24.5 Å². The Bertz CT molecular complexity index is 587. The zero-order valence-electron chi connectivity index (χ0n) is 14.9. The Morgan fingerprint density at radius 1 is 1.40 bits per heavy atom. The van der Waals surface area contributed by atoms with Crippen LogP contribution < -0.4 is 0 Å². The van der Waals surface area contributed by atoms with E-state index in [1.165, 1.54) is 0 Å². The topological polar surface area (TPSA) is 62.7 Å². The zero-order chi connectivity index (χ0) is 17.6. The average Bonchev–Trinajstić information content (AvgIpc) is 3.01. The normalized spacial score (nSPS) is 21.6. The predicted molar refractivity (Wildman–Crippen MR) is 93.6 cm³/mol. The molecule has 0 N–H and O–H groups in total. The van der Waals surface area contributed by atoms with E-state index in [-0.39, 0.29) is 17.7 Å². The van der Waals surface area contributed by atoms with E-state index in [1.807, 2.05) is 24.0 Å². The van der Waals surface area contributed by atoms with Gasteiger partial charge in [-0.15, -0.1) is 0 Å². The molecule has 2 fully saturated rings. The second kappa shape index (κ2) is 8.43. The van der Waals surface area contributed by atoms with Crippen LogP contribution in [0.25, 0.3) is 0 Å². The summed E-state index contributed by atoms with van der Waals surface area (Å²) in [4.78, 5) is 33.0. The summed E-state index contributed by atoms with van der Waals surface area (Å²) in [6.07, 6.45) is 5.84. The van der Waals surface area contributed by atoms with Crippen molar-refractivity contribution in [1.29, 1.82) is 0 Å². The highest BCUT2D eigenvalue weighted by Gasteiger charge is 2.36. The van der Waals surface area contributed by atoms with E-state index in [9.17, 15) is 9.59 Å². The van der Waals surface area contributed by atoms with Crippen LogP contribution in [0.2, 0.25) is 0 Å². The van der Waals surface area contributed by atoms with E-state index in [0.717, 1.165) is 38.2 Å². The third-order valence-electron chi connectivity index (χ3n) is 5.17.